The molecule has 0 fully saturated rings. The lowest BCUT2D eigenvalue weighted by molar-refractivity contribution is -0.114. The highest BCUT2D eigenvalue weighted by Gasteiger charge is 2.06. The Morgan fingerprint density at radius 1 is 1.41 bits per heavy atom. The summed E-state index contributed by atoms with van der Waals surface area (Å²) < 4.78 is 5.59. The van der Waals surface area contributed by atoms with Gasteiger partial charge in [-0.05, 0) is 18.1 Å². The normalized spacial score (nSPS) is 9.65. The SMILES string of the molecule is CC(C)COc1ccccc1NC(=O)CN.Cl. The summed E-state index contributed by atoms with van der Waals surface area (Å²) in [6.45, 7) is 4.73. The number of hydrogen-bond donors (Lipinski definition) is 2. The number of anilines is 1. The van der Waals surface area contributed by atoms with Crippen molar-refractivity contribution in [2.45, 2.75) is 13.8 Å². The zero-order valence-corrected chi connectivity index (χ0v) is 10.9. The number of halogens is 1. The maximum Gasteiger partial charge on any atom is 0.238 e. The second-order valence-electron chi connectivity index (χ2n) is 3.95. The molecule has 3 N–H and O–H groups in total. The predicted octanol–water partition coefficient (Wildman–Crippen LogP) is 2.04. The van der Waals surface area contributed by atoms with Gasteiger partial charge in [0.25, 0.3) is 0 Å². The Morgan fingerprint density at radius 3 is 2.65 bits per heavy atom. The molecule has 0 saturated carbocycles. The van der Waals surface area contributed by atoms with Crippen LogP contribution < -0.4 is 15.8 Å². The third-order valence-corrected chi connectivity index (χ3v) is 1.92. The van der Waals surface area contributed by atoms with Crippen LogP contribution in [-0.2, 0) is 4.79 Å². The smallest absolute Gasteiger partial charge is 0.238 e. The predicted molar refractivity (Wildman–Crippen MR) is 71.7 cm³/mol. The third kappa shape index (κ3) is 5.56. The summed E-state index contributed by atoms with van der Waals surface area (Å²) in [5.74, 6) is 0.900. The molecule has 1 amide bonds. The van der Waals surface area contributed by atoms with Crippen LogP contribution in [0, 0.1) is 5.92 Å². The largest absolute Gasteiger partial charge is 0.491 e. The number of benzene rings is 1. The highest BCUT2D eigenvalue weighted by molar-refractivity contribution is 5.93. The summed E-state index contributed by atoms with van der Waals surface area (Å²) in [5, 5.41) is 2.69. The molecule has 0 aliphatic rings. The Balaban J connectivity index is 0.00000256. The molecule has 0 saturated heterocycles. The molecule has 96 valence electrons. The second kappa shape index (κ2) is 7.92. The number of carbonyl (C=O) groups excluding carboxylic acids is 1. The first-order chi connectivity index (χ1) is 7.63. The molecule has 0 unspecified atom stereocenters. The molecule has 0 bridgehead atoms. The van der Waals surface area contributed by atoms with Crippen molar-refractivity contribution in [2.24, 2.45) is 11.7 Å². The van der Waals surface area contributed by atoms with Gasteiger partial charge in [0.2, 0.25) is 5.91 Å². The molecule has 0 aromatic heterocycles. The van der Waals surface area contributed by atoms with Crippen molar-refractivity contribution in [3.63, 3.8) is 0 Å². The van der Waals surface area contributed by atoms with Gasteiger partial charge in [-0.1, -0.05) is 26.0 Å². The Labute approximate surface area is 108 Å². The van der Waals surface area contributed by atoms with E-state index in [4.69, 9.17) is 10.5 Å². The van der Waals surface area contributed by atoms with Crippen molar-refractivity contribution >= 4 is 24.0 Å². The van der Waals surface area contributed by atoms with Gasteiger partial charge in [0.1, 0.15) is 5.75 Å². The van der Waals surface area contributed by atoms with Gasteiger partial charge in [0.05, 0.1) is 18.8 Å². The highest BCUT2D eigenvalue weighted by Crippen LogP contribution is 2.23. The molecular formula is C12H19ClN2O2. The Morgan fingerprint density at radius 2 is 2.06 bits per heavy atom. The summed E-state index contributed by atoms with van der Waals surface area (Å²) in [7, 11) is 0. The van der Waals surface area contributed by atoms with Crippen LogP contribution in [0.15, 0.2) is 24.3 Å². The lowest BCUT2D eigenvalue weighted by Crippen LogP contribution is -2.22. The van der Waals surface area contributed by atoms with E-state index in [0.717, 1.165) is 0 Å². The second-order valence-corrected chi connectivity index (χ2v) is 3.95. The number of para-hydroxylation sites is 2. The minimum absolute atomic E-state index is 0. The number of carbonyl (C=O) groups is 1. The zero-order chi connectivity index (χ0) is 12.0. The average Bonchev–Trinajstić information content (AvgIpc) is 2.27. The van der Waals surface area contributed by atoms with Crippen LogP contribution >= 0.6 is 12.4 Å². The van der Waals surface area contributed by atoms with E-state index < -0.39 is 0 Å². The first kappa shape index (κ1) is 15.7. The van der Waals surface area contributed by atoms with Crippen LogP contribution in [0.5, 0.6) is 5.75 Å². The van der Waals surface area contributed by atoms with E-state index in [1.807, 2.05) is 18.2 Å². The molecule has 5 heteroatoms. The van der Waals surface area contributed by atoms with Crippen LogP contribution in [0.3, 0.4) is 0 Å². The molecule has 1 rings (SSSR count). The summed E-state index contributed by atoms with van der Waals surface area (Å²) in [4.78, 5) is 11.2. The van der Waals surface area contributed by atoms with E-state index >= 15 is 0 Å². The fourth-order valence-corrected chi connectivity index (χ4v) is 1.15. The van der Waals surface area contributed by atoms with E-state index in [1.165, 1.54) is 0 Å². The van der Waals surface area contributed by atoms with Crippen molar-refractivity contribution in [1.82, 2.24) is 0 Å². The van der Waals surface area contributed by atoms with Crippen LogP contribution in [0.1, 0.15) is 13.8 Å². The fraction of sp³-hybridized carbons (Fsp3) is 0.417. The summed E-state index contributed by atoms with van der Waals surface area (Å²) in [5.41, 5.74) is 5.90. The molecular weight excluding hydrogens is 240 g/mol. The number of ether oxygens (including phenoxy) is 1. The number of rotatable bonds is 5. The first-order valence-corrected chi connectivity index (χ1v) is 5.35. The van der Waals surface area contributed by atoms with Crippen molar-refractivity contribution < 1.29 is 9.53 Å². The number of hydrogen-bond acceptors (Lipinski definition) is 3. The molecule has 0 spiro atoms. The molecule has 1 aromatic carbocycles. The Kier molecular flexibility index (Phi) is 7.34. The molecule has 0 heterocycles. The van der Waals surface area contributed by atoms with Gasteiger partial charge in [0, 0.05) is 0 Å². The molecule has 0 radical (unpaired) electrons. The van der Waals surface area contributed by atoms with E-state index in [1.54, 1.807) is 6.07 Å². The van der Waals surface area contributed by atoms with Gasteiger partial charge in [-0.2, -0.15) is 0 Å². The summed E-state index contributed by atoms with van der Waals surface area (Å²) in [6.07, 6.45) is 0. The van der Waals surface area contributed by atoms with E-state index in [-0.39, 0.29) is 24.9 Å². The number of nitrogens with one attached hydrogen (secondary N) is 1. The zero-order valence-electron chi connectivity index (χ0n) is 10.1. The van der Waals surface area contributed by atoms with Gasteiger partial charge in [-0.25, -0.2) is 0 Å². The molecule has 1 aromatic rings. The van der Waals surface area contributed by atoms with Gasteiger partial charge in [-0.3, -0.25) is 4.79 Å². The summed E-state index contributed by atoms with van der Waals surface area (Å²) >= 11 is 0. The Hall–Kier alpha value is -1.26. The maximum absolute atomic E-state index is 11.2. The van der Waals surface area contributed by atoms with Crippen molar-refractivity contribution in [1.29, 1.82) is 0 Å². The average molecular weight is 259 g/mol. The quantitative estimate of drug-likeness (QED) is 0.850. The van der Waals surface area contributed by atoms with Crippen LogP contribution in [0.25, 0.3) is 0 Å². The lowest BCUT2D eigenvalue weighted by Gasteiger charge is -2.13. The van der Waals surface area contributed by atoms with E-state index in [9.17, 15) is 4.79 Å². The fourth-order valence-electron chi connectivity index (χ4n) is 1.15. The van der Waals surface area contributed by atoms with Crippen molar-refractivity contribution in [3.8, 4) is 5.75 Å². The molecule has 0 aliphatic carbocycles. The maximum atomic E-state index is 11.2. The van der Waals surface area contributed by atoms with Crippen molar-refractivity contribution in [2.75, 3.05) is 18.5 Å². The van der Waals surface area contributed by atoms with E-state index in [2.05, 4.69) is 19.2 Å². The van der Waals surface area contributed by atoms with Crippen LogP contribution in [0.2, 0.25) is 0 Å². The van der Waals surface area contributed by atoms with Crippen LogP contribution in [0.4, 0.5) is 5.69 Å². The lowest BCUT2D eigenvalue weighted by atomic mass is 10.2. The van der Waals surface area contributed by atoms with E-state index in [0.29, 0.717) is 24.0 Å². The van der Waals surface area contributed by atoms with Crippen LogP contribution in [-0.4, -0.2) is 19.1 Å². The van der Waals surface area contributed by atoms with Gasteiger partial charge < -0.3 is 15.8 Å². The van der Waals surface area contributed by atoms with Gasteiger partial charge >= 0.3 is 0 Å². The Bertz CT molecular complexity index is 356. The number of nitrogens with two attached hydrogens (primary N) is 1. The minimum atomic E-state index is -0.222. The molecule has 0 aliphatic heterocycles. The highest BCUT2D eigenvalue weighted by atomic mass is 35.5. The third-order valence-electron chi connectivity index (χ3n) is 1.92. The molecule has 17 heavy (non-hydrogen) atoms. The van der Waals surface area contributed by atoms with Crippen molar-refractivity contribution in [3.05, 3.63) is 24.3 Å². The molecule has 0 atom stereocenters. The monoisotopic (exact) mass is 258 g/mol. The number of amides is 1. The first-order valence-electron chi connectivity index (χ1n) is 5.35. The molecule has 4 nitrogen and oxygen atoms in total. The topological polar surface area (TPSA) is 64.3 Å². The summed E-state index contributed by atoms with van der Waals surface area (Å²) in [6, 6.07) is 7.33. The minimum Gasteiger partial charge on any atom is -0.491 e. The van der Waals surface area contributed by atoms with Gasteiger partial charge in [-0.15, -0.1) is 12.4 Å². The van der Waals surface area contributed by atoms with Gasteiger partial charge in [0.15, 0.2) is 0 Å². The standard InChI is InChI=1S/C12H18N2O2.ClH/c1-9(2)8-16-11-6-4-3-5-10(11)14-12(15)7-13;/h3-6,9H,7-8,13H2,1-2H3,(H,14,15);1H.